The zero-order chi connectivity index (χ0) is 17.8. The first-order chi connectivity index (χ1) is 12.0. The molecule has 25 heavy (non-hydrogen) atoms. The number of carbonyl (C=O) groups is 2. The van der Waals surface area contributed by atoms with E-state index < -0.39 is 0 Å². The van der Waals surface area contributed by atoms with Gasteiger partial charge in [-0.05, 0) is 38.2 Å². The van der Waals surface area contributed by atoms with E-state index in [1.807, 2.05) is 18.0 Å². The van der Waals surface area contributed by atoms with Crippen LogP contribution in [-0.2, 0) is 16.1 Å². The first-order valence-corrected chi connectivity index (χ1v) is 9.36. The van der Waals surface area contributed by atoms with Gasteiger partial charge in [-0.25, -0.2) is 0 Å². The number of hydrogen-bond acceptors (Lipinski definition) is 3. The van der Waals surface area contributed by atoms with Crippen molar-refractivity contribution in [1.82, 2.24) is 15.1 Å². The van der Waals surface area contributed by atoms with Crippen molar-refractivity contribution in [3.63, 3.8) is 0 Å². The van der Waals surface area contributed by atoms with Crippen molar-refractivity contribution < 1.29 is 9.59 Å². The molecular formula is C20H29N3O2. The molecule has 0 radical (unpaired) electrons. The van der Waals surface area contributed by atoms with E-state index in [0.717, 1.165) is 38.8 Å². The summed E-state index contributed by atoms with van der Waals surface area (Å²) in [5, 5.41) is 2.78. The van der Waals surface area contributed by atoms with E-state index in [2.05, 4.69) is 41.4 Å². The number of amides is 2. The van der Waals surface area contributed by atoms with Gasteiger partial charge in [0.2, 0.25) is 11.8 Å². The van der Waals surface area contributed by atoms with Gasteiger partial charge in [-0.1, -0.05) is 30.3 Å². The molecule has 136 valence electrons. The Kier molecular flexibility index (Phi) is 5.74. The summed E-state index contributed by atoms with van der Waals surface area (Å²) in [4.78, 5) is 28.4. The minimum absolute atomic E-state index is 0.0164. The second kappa shape index (κ2) is 8.00. The van der Waals surface area contributed by atoms with E-state index in [0.29, 0.717) is 6.04 Å². The second-order valence-electron chi connectivity index (χ2n) is 7.48. The number of nitrogens with one attached hydrogen (secondary N) is 1. The molecule has 3 rings (SSSR count). The average molecular weight is 343 g/mol. The largest absolute Gasteiger partial charge is 0.347 e. The van der Waals surface area contributed by atoms with Crippen LogP contribution in [0.1, 0.15) is 38.2 Å². The normalized spacial score (nSPS) is 23.9. The zero-order valence-corrected chi connectivity index (χ0v) is 15.3. The number of hydrogen-bond donors (Lipinski definition) is 1. The van der Waals surface area contributed by atoms with E-state index in [4.69, 9.17) is 0 Å². The van der Waals surface area contributed by atoms with Gasteiger partial charge in [0.05, 0.1) is 6.54 Å². The molecule has 1 saturated heterocycles. The van der Waals surface area contributed by atoms with Crippen molar-refractivity contribution in [2.24, 2.45) is 5.92 Å². The van der Waals surface area contributed by atoms with Gasteiger partial charge >= 0.3 is 0 Å². The van der Waals surface area contributed by atoms with E-state index in [-0.39, 0.29) is 30.3 Å². The molecule has 2 fully saturated rings. The molecule has 5 heteroatoms. The number of benzene rings is 1. The molecular weight excluding hydrogens is 314 g/mol. The highest BCUT2D eigenvalue weighted by Crippen LogP contribution is 2.28. The SMILES string of the molecule is C[C@H]1C[C@H](N(C)C(=O)CNC(=O)C2CC2)CCN1Cc1ccccc1. The summed E-state index contributed by atoms with van der Waals surface area (Å²) in [5.74, 6) is 0.204. The lowest BCUT2D eigenvalue weighted by Crippen LogP contribution is -2.51. The Morgan fingerprint density at radius 1 is 1.20 bits per heavy atom. The molecule has 1 heterocycles. The van der Waals surface area contributed by atoms with Crippen molar-refractivity contribution >= 4 is 11.8 Å². The van der Waals surface area contributed by atoms with Crippen molar-refractivity contribution in [1.29, 1.82) is 0 Å². The van der Waals surface area contributed by atoms with E-state index in [1.165, 1.54) is 5.56 Å². The van der Waals surface area contributed by atoms with Gasteiger partial charge in [0.15, 0.2) is 0 Å². The second-order valence-corrected chi connectivity index (χ2v) is 7.48. The first-order valence-electron chi connectivity index (χ1n) is 9.36. The molecule has 2 atom stereocenters. The maximum Gasteiger partial charge on any atom is 0.241 e. The quantitative estimate of drug-likeness (QED) is 0.860. The van der Waals surface area contributed by atoms with Gasteiger partial charge in [-0.3, -0.25) is 14.5 Å². The monoisotopic (exact) mass is 343 g/mol. The number of likely N-dealkylation sites (N-methyl/N-ethyl adjacent to an activating group) is 1. The van der Waals surface area contributed by atoms with Crippen LogP contribution in [0.4, 0.5) is 0 Å². The molecule has 0 unspecified atom stereocenters. The molecule has 0 aromatic heterocycles. The van der Waals surface area contributed by atoms with Crippen LogP contribution in [0, 0.1) is 5.92 Å². The van der Waals surface area contributed by atoms with Crippen molar-refractivity contribution in [3.05, 3.63) is 35.9 Å². The third-order valence-corrected chi connectivity index (χ3v) is 5.52. The van der Waals surface area contributed by atoms with Crippen LogP contribution in [0.15, 0.2) is 30.3 Å². The molecule has 5 nitrogen and oxygen atoms in total. The maximum atomic E-state index is 12.4. The van der Waals surface area contributed by atoms with Gasteiger partial charge in [0.25, 0.3) is 0 Å². The van der Waals surface area contributed by atoms with Gasteiger partial charge in [-0.2, -0.15) is 0 Å². The Hall–Kier alpha value is -1.88. The third-order valence-electron chi connectivity index (χ3n) is 5.52. The molecule has 1 aromatic rings. The van der Waals surface area contributed by atoms with Crippen molar-refractivity contribution in [3.8, 4) is 0 Å². The molecule has 0 bridgehead atoms. The van der Waals surface area contributed by atoms with Crippen LogP contribution >= 0.6 is 0 Å². The smallest absolute Gasteiger partial charge is 0.241 e. The highest BCUT2D eigenvalue weighted by Gasteiger charge is 2.32. The van der Waals surface area contributed by atoms with Crippen LogP contribution in [-0.4, -0.2) is 53.8 Å². The standard InChI is InChI=1S/C20H29N3O2/c1-15-12-18(10-11-23(15)14-16-6-4-3-5-7-16)22(2)19(24)13-21-20(25)17-8-9-17/h3-7,15,17-18H,8-14H2,1-2H3,(H,21,25)/t15-,18+/m0/s1. The molecule has 2 amide bonds. The molecule has 1 aromatic carbocycles. The number of piperidine rings is 1. The lowest BCUT2D eigenvalue weighted by Gasteiger charge is -2.41. The Morgan fingerprint density at radius 3 is 2.56 bits per heavy atom. The Morgan fingerprint density at radius 2 is 1.92 bits per heavy atom. The Bertz CT molecular complexity index is 600. The van der Waals surface area contributed by atoms with Crippen molar-refractivity contribution in [2.75, 3.05) is 20.1 Å². The van der Waals surface area contributed by atoms with Crippen molar-refractivity contribution in [2.45, 2.75) is 51.2 Å². The predicted molar refractivity (Wildman–Crippen MR) is 97.8 cm³/mol. The fourth-order valence-corrected chi connectivity index (χ4v) is 3.58. The van der Waals surface area contributed by atoms with E-state index >= 15 is 0 Å². The summed E-state index contributed by atoms with van der Waals surface area (Å²) in [6, 6.07) is 11.2. The molecule has 1 aliphatic heterocycles. The summed E-state index contributed by atoms with van der Waals surface area (Å²) in [7, 11) is 1.87. The van der Waals surface area contributed by atoms with Gasteiger partial charge in [-0.15, -0.1) is 0 Å². The topological polar surface area (TPSA) is 52.7 Å². The number of carbonyl (C=O) groups excluding carboxylic acids is 2. The average Bonchev–Trinajstić information content (AvgIpc) is 3.46. The molecule has 1 saturated carbocycles. The van der Waals surface area contributed by atoms with E-state index in [1.54, 1.807) is 0 Å². The number of nitrogens with zero attached hydrogens (tertiary/aromatic N) is 2. The third kappa shape index (κ3) is 4.82. The fourth-order valence-electron chi connectivity index (χ4n) is 3.58. The van der Waals surface area contributed by atoms with E-state index in [9.17, 15) is 9.59 Å². The van der Waals surface area contributed by atoms with Crippen LogP contribution < -0.4 is 5.32 Å². The minimum atomic E-state index is 0.0164. The summed E-state index contributed by atoms with van der Waals surface area (Å²) < 4.78 is 0. The van der Waals surface area contributed by atoms with Crippen LogP contribution in [0.3, 0.4) is 0 Å². The summed E-state index contributed by atoms with van der Waals surface area (Å²) >= 11 is 0. The fraction of sp³-hybridized carbons (Fsp3) is 0.600. The molecule has 1 N–H and O–H groups in total. The lowest BCUT2D eigenvalue weighted by molar-refractivity contribution is -0.134. The zero-order valence-electron chi connectivity index (χ0n) is 15.3. The Balaban J connectivity index is 1.46. The van der Waals surface area contributed by atoms with Crippen LogP contribution in [0.2, 0.25) is 0 Å². The van der Waals surface area contributed by atoms with Crippen LogP contribution in [0.5, 0.6) is 0 Å². The summed E-state index contributed by atoms with van der Waals surface area (Å²) in [6.07, 6.45) is 3.89. The molecule has 1 aliphatic carbocycles. The predicted octanol–water partition coefficient (Wildman–Crippen LogP) is 2.02. The maximum absolute atomic E-state index is 12.4. The van der Waals surface area contributed by atoms with Gasteiger partial charge in [0, 0.05) is 38.1 Å². The summed E-state index contributed by atoms with van der Waals surface area (Å²) in [5.41, 5.74) is 1.33. The van der Waals surface area contributed by atoms with Crippen LogP contribution in [0.25, 0.3) is 0 Å². The Labute approximate surface area is 150 Å². The first kappa shape index (κ1) is 17.9. The molecule has 2 aliphatic rings. The highest BCUT2D eigenvalue weighted by molar-refractivity contribution is 5.86. The number of rotatable bonds is 6. The van der Waals surface area contributed by atoms with Gasteiger partial charge in [0.1, 0.15) is 0 Å². The lowest BCUT2D eigenvalue weighted by atomic mass is 9.96. The summed E-state index contributed by atoms with van der Waals surface area (Å²) in [6.45, 7) is 4.32. The minimum Gasteiger partial charge on any atom is -0.347 e. The highest BCUT2D eigenvalue weighted by atomic mass is 16.2. The van der Waals surface area contributed by atoms with Gasteiger partial charge < -0.3 is 10.2 Å². The molecule has 0 spiro atoms. The number of likely N-dealkylation sites (tertiary alicyclic amines) is 1.